The van der Waals surface area contributed by atoms with Crippen LogP contribution in [0.2, 0.25) is 0 Å². The molecule has 2 rings (SSSR count). The lowest BCUT2D eigenvalue weighted by atomic mass is 10.1. The molecular formula is C22H27NO4. The topological polar surface area (TPSA) is 64.6 Å². The first kappa shape index (κ1) is 20.5. The van der Waals surface area contributed by atoms with Gasteiger partial charge in [-0.25, -0.2) is 4.79 Å². The van der Waals surface area contributed by atoms with Gasteiger partial charge in [-0.2, -0.15) is 0 Å². The van der Waals surface area contributed by atoms with Gasteiger partial charge in [0.05, 0.1) is 18.2 Å². The minimum Gasteiger partial charge on any atom is -0.494 e. The van der Waals surface area contributed by atoms with Crippen molar-refractivity contribution in [1.82, 2.24) is 5.32 Å². The first-order valence-corrected chi connectivity index (χ1v) is 9.25. The van der Waals surface area contributed by atoms with Gasteiger partial charge in [-0.15, -0.1) is 0 Å². The summed E-state index contributed by atoms with van der Waals surface area (Å²) in [4.78, 5) is 24.1. The van der Waals surface area contributed by atoms with Crippen LogP contribution in [0, 0.1) is 6.92 Å². The largest absolute Gasteiger partial charge is 0.494 e. The Morgan fingerprint density at radius 1 is 1.04 bits per heavy atom. The van der Waals surface area contributed by atoms with E-state index in [2.05, 4.69) is 12.2 Å². The van der Waals surface area contributed by atoms with Crippen LogP contribution >= 0.6 is 0 Å². The summed E-state index contributed by atoms with van der Waals surface area (Å²) in [6, 6.07) is 14.5. The quantitative estimate of drug-likeness (QED) is 0.531. The highest BCUT2D eigenvalue weighted by molar-refractivity contribution is 5.91. The number of rotatable bonds is 9. The fourth-order valence-corrected chi connectivity index (χ4v) is 2.46. The van der Waals surface area contributed by atoms with Gasteiger partial charge in [-0.05, 0) is 50.1 Å². The average Bonchev–Trinajstić information content (AvgIpc) is 2.67. The predicted molar refractivity (Wildman–Crippen MR) is 105 cm³/mol. The number of aryl methyl sites for hydroxylation is 1. The Labute approximate surface area is 160 Å². The van der Waals surface area contributed by atoms with E-state index >= 15 is 0 Å². The fourth-order valence-electron chi connectivity index (χ4n) is 2.46. The molecule has 0 spiro atoms. The number of amides is 1. The molecule has 0 radical (unpaired) electrons. The van der Waals surface area contributed by atoms with Gasteiger partial charge in [-0.1, -0.05) is 43.2 Å². The molecule has 0 heterocycles. The third-order valence-electron chi connectivity index (χ3n) is 4.15. The van der Waals surface area contributed by atoms with Gasteiger partial charge >= 0.3 is 5.97 Å². The maximum absolute atomic E-state index is 12.1. The van der Waals surface area contributed by atoms with Crippen LogP contribution in [-0.2, 0) is 9.53 Å². The van der Waals surface area contributed by atoms with Crippen LogP contribution in [0.15, 0.2) is 48.5 Å². The number of hydrogen-bond donors (Lipinski definition) is 1. The highest BCUT2D eigenvalue weighted by Crippen LogP contribution is 2.14. The SMILES string of the molecule is CCCCOc1ccc(C(=O)OCC(=O)N[C@H](C)c2ccc(C)cc2)cc1. The van der Waals surface area contributed by atoms with E-state index in [4.69, 9.17) is 9.47 Å². The number of esters is 1. The van der Waals surface area contributed by atoms with Gasteiger partial charge in [-0.3, -0.25) is 4.79 Å². The number of carbonyl (C=O) groups is 2. The molecule has 2 aromatic carbocycles. The molecule has 0 aromatic heterocycles. The van der Waals surface area contributed by atoms with Gasteiger partial charge in [0.1, 0.15) is 5.75 Å². The molecule has 2 aromatic rings. The van der Waals surface area contributed by atoms with Gasteiger partial charge < -0.3 is 14.8 Å². The zero-order chi connectivity index (χ0) is 19.6. The second-order valence-corrected chi connectivity index (χ2v) is 6.50. The summed E-state index contributed by atoms with van der Waals surface area (Å²) in [7, 11) is 0. The lowest BCUT2D eigenvalue weighted by molar-refractivity contribution is -0.124. The zero-order valence-corrected chi connectivity index (χ0v) is 16.2. The van der Waals surface area contributed by atoms with Crippen molar-refractivity contribution in [3.63, 3.8) is 0 Å². The summed E-state index contributed by atoms with van der Waals surface area (Å²) >= 11 is 0. The second kappa shape index (κ2) is 10.4. The van der Waals surface area contributed by atoms with Gasteiger partial charge in [0, 0.05) is 0 Å². The van der Waals surface area contributed by atoms with Crippen LogP contribution < -0.4 is 10.1 Å². The van der Waals surface area contributed by atoms with Crippen molar-refractivity contribution >= 4 is 11.9 Å². The molecular weight excluding hydrogens is 342 g/mol. The van der Waals surface area contributed by atoms with Crippen LogP contribution in [0.5, 0.6) is 5.75 Å². The number of carbonyl (C=O) groups excluding carboxylic acids is 2. The first-order chi connectivity index (χ1) is 13.0. The number of nitrogens with one attached hydrogen (secondary N) is 1. The molecule has 0 bridgehead atoms. The van der Waals surface area contributed by atoms with Crippen LogP contribution in [0.4, 0.5) is 0 Å². The van der Waals surface area contributed by atoms with E-state index < -0.39 is 5.97 Å². The smallest absolute Gasteiger partial charge is 0.338 e. The third-order valence-corrected chi connectivity index (χ3v) is 4.15. The van der Waals surface area contributed by atoms with E-state index in [0.717, 1.165) is 24.0 Å². The molecule has 1 N–H and O–H groups in total. The average molecular weight is 369 g/mol. The molecule has 0 saturated carbocycles. The summed E-state index contributed by atoms with van der Waals surface area (Å²) in [6.07, 6.45) is 2.05. The summed E-state index contributed by atoms with van der Waals surface area (Å²) in [5, 5.41) is 2.82. The summed E-state index contributed by atoms with van der Waals surface area (Å²) in [6.45, 7) is 6.33. The second-order valence-electron chi connectivity index (χ2n) is 6.50. The van der Waals surface area contributed by atoms with Crippen molar-refractivity contribution in [3.8, 4) is 5.75 Å². The Balaban J connectivity index is 1.78. The molecule has 5 heteroatoms. The molecule has 0 aliphatic heterocycles. The van der Waals surface area contributed by atoms with Crippen LogP contribution in [0.3, 0.4) is 0 Å². The summed E-state index contributed by atoms with van der Waals surface area (Å²) < 4.78 is 10.6. The van der Waals surface area contributed by atoms with E-state index in [1.807, 2.05) is 38.1 Å². The summed E-state index contributed by atoms with van der Waals surface area (Å²) in [5.41, 5.74) is 2.55. The number of ether oxygens (including phenoxy) is 2. The molecule has 0 fully saturated rings. The maximum atomic E-state index is 12.1. The minimum absolute atomic E-state index is 0.156. The van der Waals surface area contributed by atoms with E-state index in [-0.39, 0.29) is 18.6 Å². The van der Waals surface area contributed by atoms with Crippen molar-refractivity contribution in [2.75, 3.05) is 13.2 Å². The van der Waals surface area contributed by atoms with E-state index in [1.54, 1.807) is 24.3 Å². The fraction of sp³-hybridized carbons (Fsp3) is 0.364. The first-order valence-electron chi connectivity index (χ1n) is 9.25. The summed E-state index contributed by atoms with van der Waals surface area (Å²) in [5.74, 6) is -0.158. The highest BCUT2D eigenvalue weighted by Gasteiger charge is 2.13. The van der Waals surface area contributed by atoms with E-state index in [1.165, 1.54) is 0 Å². The number of unbranched alkanes of at least 4 members (excludes halogenated alkanes) is 1. The van der Waals surface area contributed by atoms with Gasteiger partial charge in [0.15, 0.2) is 6.61 Å². The van der Waals surface area contributed by atoms with E-state index in [9.17, 15) is 9.59 Å². The monoisotopic (exact) mass is 369 g/mol. The van der Waals surface area contributed by atoms with Crippen molar-refractivity contribution in [2.45, 2.75) is 39.7 Å². The van der Waals surface area contributed by atoms with Gasteiger partial charge in [0.25, 0.3) is 5.91 Å². The molecule has 5 nitrogen and oxygen atoms in total. The lowest BCUT2D eigenvalue weighted by Gasteiger charge is -2.14. The highest BCUT2D eigenvalue weighted by atomic mass is 16.5. The van der Waals surface area contributed by atoms with Gasteiger partial charge in [0.2, 0.25) is 0 Å². The van der Waals surface area contributed by atoms with Crippen molar-refractivity contribution in [3.05, 3.63) is 65.2 Å². The molecule has 1 atom stereocenters. The number of hydrogen-bond acceptors (Lipinski definition) is 4. The Kier molecular flexibility index (Phi) is 7.86. The number of benzene rings is 2. The van der Waals surface area contributed by atoms with Crippen molar-refractivity contribution < 1.29 is 19.1 Å². The third kappa shape index (κ3) is 6.77. The Bertz CT molecular complexity index is 738. The Morgan fingerprint density at radius 2 is 1.70 bits per heavy atom. The molecule has 0 aliphatic rings. The Hall–Kier alpha value is -2.82. The van der Waals surface area contributed by atoms with Crippen LogP contribution in [0.1, 0.15) is 54.2 Å². The van der Waals surface area contributed by atoms with Crippen molar-refractivity contribution in [1.29, 1.82) is 0 Å². The molecule has 1 amide bonds. The Morgan fingerprint density at radius 3 is 2.33 bits per heavy atom. The normalized spacial score (nSPS) is 11.5. The lowest BCUT2D eigenvalue weighted by Crippen LogP contribution is -2.31. The molecule has 144 valence electrons. The van der Waals surface area contributed by atoms with E-state index in [0.29, 0.717) is 17.9 Å². The zero-order valence-electron chi connectivity index (χ0n) is 16.2. The predicted octanol–water partition coefficient (Wildman–Crippen LogP) is 4.21. The van der Waals surface area contributed by atoms with Crippen molar-refractivity contribution in [2.24, 2.45) is 0 Å². The van der Waals surface area contributed by atoms with Crippen LogP contribution in [-0.4, -0.2) is 25.1 Å². The minimum atomic E-state index is -0.534. The molecule has 0 unspecified atom stereocenters. The molecule has 0 saturated heterocycles. The molecule has 0 aliphatic carbocycles. The molecule has 27 heavy (non-hydrogen) atoms. The standard InChI is InChI=1S/C22H27NO4/c1-4-5-14-26-20-12-10-19(11-13-20)22(25)27-15-21(24)23-17(3)18-8-6-16(2)7-9-18/h6-13,17H,4-5,14-15H2,1-3H3,(H,23,24)/t17-/m1/s1. The van der Waals surface area contributed by atoms with Crippen LogP contribution in [0.25, 0.3) is 0 Å². The maximum Gasteiger partial charge on any atom is 0.338 e.